The second-order valence-electron chi connectivity index (χ2n) is 7.38. The first-order chi connectivity index (χ1) is 13.1. The van der Waals surface area contributed by atoms with Crippen molar-refractivity contribution in [3.63, 3.8) is 0 Å². The number of furan rings is 1. The quantitative estimate of drug-likeness (QED) is 0.723. The first-order valence-electron chi connectivity index (χ1n) is 9.71. The number of hydrogen-bond donors (Lipinski definition) is 1. The second kappa shape index (κ2) is 7.47. The van der Waals surface area contributed by atoms with Crippen molar-refractivity contribution in [2.75, 3.05) is 0 Å². The highest BCUT2D eigenvalue weighted by Crippen LogP contribution is 2.31. The van der Waals surface area contributed by atoms with Crippen molar-refractivity contribution < 1.29 is 9.21 Å². The third-order valence-electron chi connectivity index (χ3n) is 5.65. The number of benzene rings is 1. The van der Waals surface area contributed by atoms with Crippen LogP contribution in [0.4, 0.5) is 0 Å². The van der Waals surface area contributed by atoms with E-state index in [1.54, 1.807) is 6.26 Å². The number of carbonyl (C=O) groups excluding carboxylic acids is 1. The topological polar surface area (TPSA) is 47.2 Å². The Balaban J connectivity index is 1.70. The highest BCUT2D eigenvalue weighted by atomic mass is 16.3. The smallest absolute Gasteiger partial charge is 0.268 e. The number of aromatic nitrogens is 1. The molecule has 0 bridgehead atoms. The van der Waals surface area contributed by atoms with Gasteiger partial charge in [-0.1, -0.05) is 24.3 Å². The summed E-state index contributed by atoms with van der Waals surface area (Å²) in [5.74, 6) is 0.745. The molecule has 1 aliphatic carbocycles. The Morgan fingerprint density at radius 2 is 1.93 bits per heavy atom. The Labute approximate surface area is 160 Å². The number of fused-ring (bicyclic) bond motifs is 1. The molecular formula is C23H26N2O2. The number of nitrogens with one attached hydrogen (secondary N) is 1. The molecule has 0 unspecified atom stereocenters. The largest absolute Gasteiger partial charge is 0.467 e. The molecular weight excluding hydrogens is 336 g/mol. The monoisotopic (exact) mass is 362 g/mol. The van der Waals surface area contributed by atoms with Gasteiger partial charge in [0.1, 0.15) is 11.5 Å². The van der Waals surface area contributed by atoms with Crippen LogP contribution < -0.4 is 5.32 Å². The molecule has 2 aromatic heterocycles. The lowest BCUT2D eigenvalue weighted by Gasteiger charge is -2.18. The molecule has 0 radical (unpaired) electrons. The van der Waals surface area contributed by atoms with E-state index in [-0.39, 0.29) is 5.91 Å². The maximum absolute atomic E-state index is 13.1. The number of rotatable bonds is 5. The summed E-state index contributed by atoms with van der Waals surface area (Å²) >= 11 is 0. The van der Waals surface area contributed by atoms with E-state index in [4.69, 9.17) is 4.42 Å². The maximum atomic E-state index is 13.1. The third kappa shape index (κ3) is 3.44. The molecule has 0 atom stereocenters. The molecule has 0 saturated carbocycles. The number of hydrogen-bond acceptors (Lipinski definition) is 2. The van der Waals surface area contributed by atoms with Crippen molar-refractivity contribution in [2.45, 2.75) is 52.6 Å². The summed E-state index contributed by atoms with van der Waals surface area (Å²) in [5.41, 5.74) is 7.17. The first-order valence-corrected chi connectivity index (χ1v) is 9.71. The van der Waals surface area contributed by atoms with Gasteiger partial charge in [-0.3, -0.25) is 4.79 Å². The van der Waals surface area contributed by atoms with Gasteiger partial charge in [0, 0.05) is 12.2 Å². The van der Waals surface area contributed by atoms with Gasteiger partial charge in [-0.2, -0.15) is 0 Å². The van der Waals surface area contributed by atoms with E-state index in [0.29, 0.717) is 6.54 Å². The molecule has 4 heteroatoms. The van der Waals surface area contributed by atoms with Gasteiger partial charge in [-0.25, -0.2) is 0 Å². The van der Waals surface area contributed by atoms with E-state index >= 15 is 0 Å². The normalized spacial score (nSPS) is 13.4. The van der Waals surface area contributed by atoms with Crippen molar-refractivity contribution in [3.8, 4) is 0 Å². The Morgan fingerprint density at radius 1 is 1.11 bits per heavy atom. The fourth-order valence-electron chi connectivity index (χ4n) is 4.16. The minimum Gasteiger partial charge on any atom is -0.467 e. The van der Waals surface area contributed by atoms with Crippen LogP contribution >= 0.6 is 0 Å². The number of aryl methyl sites for hydroxylation is 1. The minimum absolute atomic E-state index is 0.0214. The molecule has 1 aliphatic rings. The van der Waals surface area contributed by atoms with Gasteiger partial charge < -0.3 is 14.3 Å². The molecule has 1 N–H and O–H groups in total. The van der Waals surface area contributed by atoms with E-state index < -0.39 is 0 Å². The van der Waals surface area contributed by atoms with Crippen LogP contribution in [-0.2, 0) is 25.9 Å². The summed E-state index contributed by atoms with van der Waals surface area (Å²) in [6.45, 7) is 5.38. The summed E-state index contributed by atoms with van der Waals surface area (Å²) in [6.07, 6.45) is 6.15. The average molecular weight is 362 g/mol. The molecule has 2 heterocycles. The van der Waals surface area contributed by atoms with E-state index in [2.05, 4.69) is 48.0 Å². The van der Waals surface area contributed by atoms with Crippen LogP contribution in [0.1, 0.15) is 57.0 Å². The molecule has 0 fully saturated rings. The zero-order valence-corrected chi connectivity index (χ0v) is 16.0. The van der Waals surface area contributed by atoms with Crippen LogP contribution in [0, 0.1) is 13.8 Å². The van der Waals surface area contributed by atoms with Gasteiger partial charge in [-0.15, -0.1) is 0 Å². The molecule has 0 spiro atoms. The third-order valence-corrected chi connectivity index (χ3v) is 5.65. The first kappa shape index (κ1) is 17.7. The highest BCUT2D eigenvalue weighted by Gasteiger charge is 2.26. The van der Waals surface area contributed by atoms with Crippen LogP contribution in [-0.4, -0.2) is 10.5 Å². The van der Waals surface area contributed by atoms with Crippen LogP contribution in [0.5, 0.6) is 0 Å². The fraction of sp³-hybridized carbons (Fsp3) is 0.348. The Kier molecular flexibility index (Phi) is 4.88. The van der Waals surface area contributed by atoms with Gasteiger partial charge >= 0.3 is 0 Å². The van der Waals surface area contributed by atoms with Gasteiger partial charge in [-0.05, 0) is 73.9 Å². The predicted molar refractivity (Wildman–Crippen MR) is 106 cm³/mol. The summed E-state index contributed by atoms with van der Waals surface area (Å²) in [4.78, 5) is 13.1. The summed E-state index contributed by atoms with van der Waals surface area (Å²) in [6, 6.07) is 12.1. The number of nitrogens with zero attached hydrogens (tertiary/aromatic N) is 1. The molecule has 27 heavy (non-hydrogen) atoms. The van der Waals surface area contributed by atoms with E-state index in [1.807, 2.05) is 12.1 Å². The second-order valence-corrected chi connectivity index (χ2v) is 7.38. The lowest BCUT2D eigenvalue weighted by molar-refractivity contribution is 0.0938. The molecule has 0 saturated heterocycles. The van der Waals surface area contributed by atoms with Crippen molar-refractivity contribution in [3.05, 3.63) is 82.1 Å². The number of carbonyl (C=O) groups is 1. The summed E-state index contributed by atoms with van der Waals surface area (Å²) in [5, 5.41) is 3.04. The summed E-state index contributed by atoms with van der Waals surface area (Å²) < 4.78 is 7.60. The van der Waals surface area contributed by atoms with E-state index in [9.17, 15) is 4.79 Å². The zero-order chi connectivity index (χ0) is 18.8. The van der Waals surface area contributed by atoms with Crippen molar-refractivity contribution in [2.24, 2.45) is 0 Å². The lowest BCUT2D eigenvalue weighted by Crippen LogP contribution is -2.27. The Bertz CT molecular complexity index is 951. The molecule has 4 nitrogen and oxygen atoms in total. The minimum atomic E-state index is -0.0214. The molecule has 3 aromatic rings. The highest BCUT2D eigenvalue weighted by molar-refractivity contribution is 5.95. The van der Waals surface area contributed by atoms with Crippen LogP contribution in [0.25, 0.3) is 0 Å². The average Bonchev–Trinajstić information content (AvgIpc) is 3.29. The molecule has 140 valence electrons. The van der Waals surface area contributed by atoms with Gasteiger partial charge in [0.25, 0.3) is 5.91 Å². The fourth-order valence-corrected chi connectivity index (χ4v) is 4.16. The predicted octanol–water partition coefficient (Wildman–Crippen LogP) is 4.56. The van der Waals surface area contributed by atoms with E-state index in [1.165, 1.54) is 35.2 Å². The Hall–Kier alpha value is -2.75. The van der Waals surface area contributed by atoms with Crippen molar-refractivity contribution >= 4 is 5.91 Å². The molecule has 1 amide bonds. The van der Waals surface area contributed by atoms with Gasteiger partial charge in [0.15, 0.2) is 0 Å². The van der Waals surface area contributed by atoms with Crippen LogP contribution in [0.3, 0.4) is 0 Å². The van der Waals surface area contributed by atoms with Gasteiger partial charge in [0.2, 0.25) is 0 Å². The molecule has 1 aromatic carbocycles. The van der Waals surface area contributed by atoms with Crippen LogP contribution in [0.2, 0.25) is 0 Å². The number of amides is 1. The maximum Gasteiger partial charge on any atom is 0.268 e. The Morgan fingerprint density at radius 3 is 2.70 bits per heavy atom. The van der Waals surface area contributed by atoms with Crippen molar-refractivity contribution in [1.82, 2.24) is 9.88 Å². The molecule has 4 rings (SSSR count). The van der Waals surface area contributed by atoms with Gasteiger partial charge in [0.05, 0.1) is 12.8 Å². The SMILES string of the molecule is Cc1ccccc1Cn1c2c(c(C)c1C(=O)NCc1ccco1)CCCC2. The zero-order valence-electron chi connectivity index (χ0n) is 16.0. The van der Waals surface area contributed by atoms with Crippen LogP contribution in [0.15, 0.2) is 47.1 Å². The lowest BCUT2D eigenvalue weighted by atomic mass is 9.95. The summed E-state index contributed by atoms with van der Waals surface area (Å²) in [7, 11) is 0. The van der Waals surface area contributed by atoms with Crippen molar-refractivity contribution in [1.29, 1.82) is 0 Å². The standard InChI is InChI=1S/C23H26N2O2/c1-16-8-3-4-9-18(16)15-25-21-12-6-5-11-20(21)17(2)22(25)23(26)24-14-19-10-7-13-27-19/h3-4,7-10,13H,5-6,11-12,14-15H2,1-2H3,(H,24,26). The molecule has 0 aliphatic heterocycles. The van der Waals surface area contributed by atoms with E-state index in [0.717, 1.165) is 36.4 Å².